The summed E-state index contributed by atoms with van der Waals surface area (Å²) in [5, 5.41) is 13.8. The average Bonchev–Trinajstić information content (AvgIpc) is 3.11. The first-order valence-electron chi connectivity index (χ1n) is 7.90. The van der Waals surface area contributed by atoms with Gasteiger partial charge in [0.25, 0.3) is 0 Å². The lowest BCUT2D eigenvalue weighted by Gasteiger charge is -2.27. The standard InChI is InChI=1S/C12H18BN7O5P/c13-26(22)23-3-5-8(25-26)7(21)11(24-5)20-10-6(9(15)17-4-18-10)19-12(20)16-2-1-14/h4-5,7-8,11,21-22H,1-3,14H2,(H,16,19)(H2,15,17,18)/q+1/t5-,7-,8-,11-,26?/m1/s1. The Labute approximate surface area is 149 Å². The van der Waals surface area contributed by atoms with Crippen molar-refractivity contribution in [1.29, 1.82) is 0 Å². The van der Waals surface area contributed by atoms with Gasteiger partial charge in [0.05, 0.1) is 0 Å². The van der Waals surface area contributed by atoms with Crippen molar-refractivity contribution >= 4 is 38.3 Å². The summed E-state index contributed by atoms with van der Waals surface area (Å²) in [5.41, 5.74) is 12.2. The summed E-state index contributed by atoms with van der Waals surface area (Å²) < 4.78 is 17.8. The molecule has 0 spiro atoms. The third kappa shape index (κ3) is 2.91. The molecule has 1 unspecified atom stereocenters. The lowest BCUT2D eigenvalue weighted by atomic mass is 10.1. The van der Waals surface area contributed by atoms with E-state index in [0.717, 1.165) is 0 Å². The Hall–Kier alpha value is -1.60. The Morgan fingerprint density at radius 1 is 1.46 bits per heavy atom. The molecule has 2 aromatic heterocycles. The highest BCUT2D eigenvalue weighted by molar-refractivity contribution is 7.85. The molecule has 2 aromatic rings. The van der Waals surface area contributed by atoms with Crippen LogP contribution in [0.25, 0.3) is 11.2 Å². The van der Waals surface area contributed by atoms with E-state index in [1.165, 1.54) is 6.33 Å². The Balaban J connectivity index is 1.75. The first-order valence-corrected chi connectivity index (χ1v) is 9.55. The lowest BCUT2D eigenvalue weighted by molar-refractivity contribution is -0.0597. The first-order chi connectivity index (χ1) is 12.4. The number of ether oxygens (including phenoxy) is 1. The molecule has 0 saturated carbocycles. The quantitative estimate of drug-likeness (QED) is 0.301. The fraction of sp³-hybridized carbons (Fsp3) is 0.583. The van der Waals surface area contributed by atoms with Crippen LogP contribution in [0, 0.1) is 0 Å². The van der Waals surface area contributed by atoms with Gasteiger partial charge in [-0.2, -0.15) is 9.05 Å². The summed E-state index contributed by atoms with van der Waals surface area (Å²) in [6.07, 6.45) is -2.23. The van der Waals surface area contributed by atoms with E-state index < -0.39 is 32.4 Å². The summed E-state index contributed by atoms with van der Waals surface area (Å²) in [6.45, 7) is 0.791. The third-order valence-electron chi connectivity index (χ3n) is 4.19. The lowest BCUT2D eigenvalue weighted by Crippen LogP contribution is -2.40. The molecule has 2 fully saturated rings. The van der Waals surface area contributed by atoms with Gasteiger partial charge in [-0.1, -0.05) is 0 Å². The molecule has 0 bridgehead atoms. The summed E-state index contributed by atoms with van der Waals surface area (Å²) >= 11 is 0. The minimum Gasteiger partial charge on any atom is -0.385 e. The molecule has 2 aliphatic rings. The van der Waals surface area contributed by atoms with Crippen LogP contribution in [-0.2, 0) is 13.8 Å². The second-order valence-corrected chi connectivity index (χ2v) is 7.53. The predicted octanol–water partition coefficient (Wildman–Crippen LogP) is -1.71. The molecule has 138 valence electrons. The van der Waals surface area contributed by atoms with Gasteiger partial charge in [0.2, 0.25) is 5.95 Å². The molecule has 12 nitrogen and oxygen atoms in total. The van der Waals surface area contributed by atoms with Gasteiger partial charge in [0, 0.05) is 13.1 Å². The van der Waals surface area contributed by atoms with Crippen LogP contribution in [-0.4, -0.2) is 75.1 Å². The average molecular weight is 382 g/mol. The number of nitrogens with zero attached hydrogens (tertiary/aromatic N) is 4. The Morgan fingerprint density at radius 2 is 2.27 bits per heavy atom. The zero-order valence-corrected chi connectivity index (χ0v) is 14.5. The molecule has 14 heteroatoms. The summed E-state index contributed by atoms with van der Waals surface area (Å²) in [7, 11) is 2.06. The molecule has 0 aliphatic carbocycles. The summed E-state index contributed by atoms with van der Waals surface area (Å²) in [4.78, 5) is 22.3. The minimum absolute atomic E-state index is 0.00564. The number of aliphatic hydroxyl groups excluding tert-OH is 1. The zero-order valence-electron chi connectivity index (χ0n) is 13.6. The normalized spacial score (nSPS) is 34.1. The SMILES string of the molecule is [B][P+]1(O)OC[C@H]2O[C@@H](n3c(NCCN)nc4c(N)ncnc43)[C@H](O)[C@@H]2O1. The van der Waals surface area contributed by atoms with Crippen LogP contribution in [0.3, 0.4) is 0 Å². The molecule has 2 aliphatic heterocycles. The number of fused-ring (bicyclic) bond motifs is 2. The van der Waals surface area contributed by atoms with E-state index in [9.17, 15) is 10.00 Å². The fourth-order valence-electron chi connectivity index (χ4n) is 3.06. The van der Waals surface area contributed by atoms with Gasteiger partial charge in [-0.15, -0.1) is 0 Å². The minimum atomic E-state index is -3.48. The number of nitrogens with one attached hydrogen (secondary N) is 1. The van der Waals surface area contributed by atoms with Crippen LogP contribution in [0.5, 0.6) is 0 Å². The van der Waals surface area contributed by atoms with Gasteiger partial charge in [-0.05, 0) is 0 Å². The van der Waals surface area contributed by atoms with E-state index in [2.05, 4.69) is 20.3 Å². The molecule has 26 heavy (non-hydrogen) atoms. The maximum absolute atomic E-state index is 10.7. The second kappa shape index (κ2) is 6.53. The predicted molar refractivity (Wildman–Crippen MR) is 92.9 cm³/mol. The number of nitrogens with two attached hydrogens (primary N) is 2. The molecule has 4 heterocycles. The number of rotatable bonds is 4. The van der Waals surface area contributed by atoms with E-state index in [1.807, 2.05) is 0 Å². The molecular formula is C12H18BN7O5P+. The monoisotopic (exact) mass is 382 g/mol. The number of aliphatic hydroxyl groups is 1. The number of imidazole rings is 1. The van der Waals surface area contributed by atoms with Crippen molar-refractivity contribution in [3.05, 3.63) is 6.33 Å². The summed E-state index contributed by atoms with van der Waals surface area (Å²) in [6, 6.07) is 0. The number of hydrogen-bond acceptors (Lipinski definition) is 11. The third-order valence-corrected chi connectivity index (χ3v) is 5.26. The fourth-order valence-corrected chi connectivity index (χ4v) is 4.09. The Morgan fingerprint density at radius 3 is 3.04 bits per heavy atom. The molecule has 0 aromatic carbocycles. The van der Waals surface area contributed by atoms with Gasteiger partial charge in [-0.25, -0.2) is 19.8 Å². The van der Waals surface area contributed by atoms with E-state index in [0.29, 0.717) is 30.2 Å². The Kier molecular flexibility index (Phi) is 4.47. The largest absolute Gasteiger partial charge is 0.488 e. The van der Waals surface area contributed by atoms with Crippen molar-refractivity contribution in [3.8, 4) is 0 Å². The van der Waals surface area contributed by atoms with Crippen molar-refractivity contribution in [2.24, 2.45) is 5.73 Å². The maximum atomic E-state index is 10.7. The molecule has 7 N–H and O–H groups in total. The van der Waals surface area contributed by atoms with E-state index in [1.54, 1.807) is 4.57 Å². The van der Waals surface area contributed by atoms with Crippen LogP contribution in [0.2, 0.25) is 0 Å². The number of nitrogen functional groups attached to an aromatic ring is 1. The molecule has 4 rings (SSSR count). The van der Waals surface area contributed by atoms with Crippen LogP contribution >= 0.6 is 7.82 Å². The number of anilines is 2. The van der Waals surface area contributed by atoms with Gasteiger partial charge < -0.3 is 26.6 Å². The van der Waals surface area contributed by atoms with Crippen molar-refractivity contribution in [2.75, 3.05) is 30.7 Å². The van der Waals surface area contributed by atoms with Crippen LogP contribution in [0.15, 0.2) is 6.33 Å². The smallest absolute Gasteiger partial charge is 0.385 e. The van der Waals surface area contributed by atoms with Gasteiger partial charge in [-0.3, -0.25) is 4.57 Å². The molecule has 2 radical (unpaired) electrons. The highest BCUT2D eigenvalue weighted by Crippen LogP contribution is 2.58. The van der Waals surface area contributed by atoms with Crippen molar-refractivity contribution in [2.45, 2.75) is 24.5 Å². The highest BCUT2D eigenvalue weighted by atomic mass is 31.2. The van der Waals surface area contributed by atoms with E-state index in [-0.39, 0.29) is 12.4 Å². The first kappa shape index (κ1) is 17.8. The van der Waals surface area contributed by atoms with Crippen molar-refractivity contribution in [1.82, 2.24) is 19.5 Å². The van der Waals surface area contributed by atoms with E-state index >= 15 is 0 Å². The molecule has 0 amide bonds. The number of hydrogen-bond donors (Lipinski definition) is 5. The maximum Gasteiger partial charge on any atom is 0.488 e. The van der Waals surface area contributed by atoms with Crippen molar-refractivity contribution < 1.29 is 23.8 Å². The molecule has 5 atom stereocenters. The second-order valence-electron chi connectivity index (χ2n) is 5.94. The van der Waals surface area contributed by atoms with Crippen LogP contribution in [0.1, 0.15) is 6.23 Å². The Bertz CT molecular complexity index is 823. The zero-order chi connectivity index (χ0) is 18.5. The van der Waals surface area contributed by atoms with Crippen molar-refractivity contribution in [3.63, 3.8) is 0 Å². The van der Waals surface area contributed by atoms with Gasteiger partial charge in [0.15, 0.2) is 29.3 Å². The molecule has 2 saturated heterocycles. The van der Waals surface area contributed by atoms with Gasteiger partial charge >= 0.3 is 15.4 Å². The van der Waals surface area contributed by atoms with Gasteiger partial charge in [0.1, 0.15) is 25.1 Å². The van der Waals surface area contributed by atoms with Crippen LogP contribution < -0.4 is 16.8 Å². The van der Waals surface area contributed by atoms with E-state index in [4.69, 9.17) is 32.8 Å². The van der Waals surface area contributed by atoms with Crippen LogP contribution in [0.4, 0.5) is 11.8 Å². The topological polar surface area (TPSA) is 176 Å². The number of aromatic nitrogens is 4. The summed E-state index contributed by atoms with van der Waals surface area (Å²) in [5.74, 6) is 0.551. The molecular weight excluding hydrogens is 364 g/mol. The highest BCUT2D eigenvalue weighted by Gasteiger charge is 2.57.